The fraction of sp³-hybridized carbons (Fsp3) is 0.421. The predicted molar refractivity (Wildman–Crippen MR) is 99.6 cm³/mol. The summed E-state index contributed by atoms with van der Waals surface area (Å²) in [5.74, 6) is 1.05. The molecule has 1 aliphatic heterocycles. The lowest BCUT2D eigenvalue weighted by Crippen LogP contribution is -2.46. The highest BCUT2D eigenvalue weighted by molar-refractivity contribution is 5.91. The van der Waals surface area contributed by atoms with Crippen molar-refractivity contribution < 1.29 is 0 Å². The molecule has 2 aromatic heterocycles. The normalized spacial score (nSPS) is 16.0. The molecule has 0 amide bonds. The maximum Gasteiger partial charge on any atom is 0.141 e. The van der Waals surface area contributed by atoms with Crippen LogP contribution in [-0.4, -0.2) is 50.8 Å². The second-order valence-corrected chi connectivity index (χ2v) is 6.83. The van der Waals surface area contributed by atoms with Crippen molar-refractivity contribution in [2.45, 2.75) is 26.4 Å². The van der Waals surface area contributed by atoms with Gasteiger partial charge in [0.15, 0.2) is 0 Å². The van der Waals surface area contributed by atoms with Crippen LogP contribution in [0.25, 0.3) is 10.9 Å². The lowest BCUT2D eigenvalue weighted by molar-refractivity contribution is 0.237. The molecule has 130 valence electrons. The minimum Gasteiger partial charge on any atom is -0.368 e. The van der Waals surface area contributed by atoms with Crippen LogP contribution in [0.4, 0.5) is 5.69 Å². The van der Waals surface area contributed by atoms with Crippen molar-refractivity contribution in [1.82, 2.24) is 24.6 Å². The van der Waals surface area contributed by atoms with E-state index in [4.69, 9.17) is 0 Å². The first-order valence-corrected chi connectivity index (χ1v) is 8.92. The van der Waals surface area contributed by atoms with E-state index in [-0.39, 0.29) is 0 Å². The third kappa shape index (κ3) is 3.22. The Morgan fingerprint density at radius 2 is 1.80 bits per heavy atom. The number of rotatable bonds is 4. The maximum atomic E-state index is 4.47. The highest BCUT2D eigenvalue weighted by atomic mass is 15.4. The van der Waals surface area contributed by atoms with Crippen molar-refractivity contribution in [2.24, 2.45) is 0 Å². The van der Waals surface area contributed by atoms with Crippen molar-refractivity contribution in [2.75, 3.05) is 31.1 Å². The van der Waals surface area contributed by atoms with Crippen LogP contribution in [0, 0.1) is 0 Å². The largest absolute Gasteiger partial charge is 0.368 e. The summed E-state index contributed by atoms with van der Waals surface area (Å²) in [5.41, 5.74) is 2.35. The van der Waals surface area contributed by atoms with Gasteiger partial charge in [0.25, 0.3) is 0 Å². The molecular formula is C19H24N6. The molecule has 6 heteroatoms. The van der Waals surface area contributed by atoms with Crippen LogP contribution < -0.4 is 4.90 Å². The summed E-state index contributed by atoms with van der Waals surface area (Å²) in [6, 6.07) is 10.8. The summed E-state index contributed by atoms with van der Waals surface area (Å²) >= 11 is 0. The molecule has 0 aliphatic carbocycles. The number of benzene rings is 1. The molecule has 0 N–H and O–H groups in total. The second-order valence-electron chi connectivity index (χ2n) is 6.83. The van der Waals surface area contributed by atoms with E-state index in [0.29, 0.717) is 6.04 Å². The van der Waals surface area contributed by atoms with Crippen LogP contribution in [0.15, 0.2) is 42.9 Å². The number of anilines is 1. The topological polar surface area (TPSA) is 50.1 Å². The fourth-order valence-corrected chi connectivity index (χ4v) is 3.52. The van der Waals surface area contributed by atoms with E-state index in [0.717, 1.165) is 44.1 Å². The molecule has 6 nitrogen and oxygen atoms in total. The van der Waals surface area contributed by atoms with Crippen LogP contribution in [0.3, 0.4) is 0 Å². The number of pyridine rings is 1. The number of aromatic nitrogens is 4. The molecular weight excluding hydrogens is 312 g/mol. The van der Waals surface area contributed by atoms with Gasteiger partial charge in [0.1, 0.15) is 12.2 Å². The van der Waals surface area contributed by atoms with E-state index < -0.39 is 0 Å². The van der Waals surface area contributed by atoms with E-state index in [1.165, 1.54) is 11.1 Å². The summed E-state index contributed by atoms with van der Waals surface area (Å²) in [6.07, 6.45) is 3.57. The summed E-state index contributed by atoms with van der Waals surface area (Å²) < 4.78 is 2.02. The zero-order chi connectivity index (χ0) is 17.2. The molecule has 25 heavy (non-hydrogen) atoms. The smallest absolute Gasteiger partial charge is 0.141 e. The van der Waals surface area contributed by atoms with E-state index >= 15 is 0 Å². The van der Waals surface area contributed by atoms with Crippen molar-refractivity contribution in [3.63, 3.8) is 0 Å². The zero-order valence-electron chi connectivity index (χ0n) is 14.8. The first kappa shape index (κ1) is 16.0. The summed E-state index contributed by atoms with van der Waals surface area (Å²) in [6.45, 7) is 9.25. The van der Waals surface area contributed by atoms with Crippen LogP contribution in [0.1, 0.15) is 25.7 Å². The van der Waals surface area contributed by atoms with Crippen LogP contribution in [0.2, 0.25) is 0 Å². The van der Waals surface area contributed by atoms with E-state index in [1.54, 1.807) is 6.33 Å². The minimum absolute atomic E-state index is 0.349. The molecule has 0 bridgehead atoms. The predicted octanol–water partition coefficient (Wildman–Crippen LogP) is 2.73. The van der Waals surface area contributed by atoms with Crippen LogP contribution >= 0.6 is 0 Å². The molecule has 1 saturated heterocycles. The Bertz CT molecular complexity index is 843. The standard InChI is InChI=1S/C19H24N6/c1-15(2)25-19(21-14-22-25)13-23-9-11-24(12-10-23)18-7-8-20-17-6-4-3-5-16(17)18/h3-8,14-15H,9-13H2,1-2H3. The molecule has 3 aromatic rings. The molecule has 3 heterocycles. The van der Waals surface area contributed by atoms with Crippen molar-refractivity contribution in [1.29, 1.82) is 0 Å². The Morgan fingerprint density at radius 3 is 2.60 bits per heavy atom. The Labute approximate surface area is 148 Å². The molecule has 0 radical (unpaired) electrons. The molecule has 0 atom stereocenters. The molecule has 0 unspecified atom stereocenters. The average Bonchev–Trinajstić information content (AvgIpc) is 3.10. The number of para-hydroxylation sites is 1. The first-order chi connectivity index (χ1) is 12.2. The van der Waals surface area contributed by atoms with Crippen molar-refractivity contribution in [3.05, 3.63) is 48.7 Å². The van der Waals surface area contributed by atoms with Crippen molar-refractivity contribution >= 4 is 16.6 Å². The van der Waals surface area contributed by atoms with E-state index in [1.807, 2.05) is 16.9 Å². The second kappa shape index (κ2) is 6.80. The fourth-order valence-electron chi connectivity index (χ4n) is 3.52. The SMILES string of the molecule is CC(C)n1ncnc1CN1CCN(c2ccnc3ccccc23)CC1. The van der Waals surface area contributed by atoms with Gasteiger partial charge in [-0.3, -0.25) is 9.88 Å². The third-order valence-corrected chi connectivity index (χ3v) is 4.84. The van der Waals surface area contributed by atoms with Gasteiger partial charge >= 0.3 is 0 Å². The minimum atomic E-state index is 0.349. The average molecular weight is 336 g/mol. The third-order valence-electron chi connectivity index (χ3n) is 4.84. The molecule has 1 fully saturated rings. The number of fused-ring (bicyclic) bond motifs is 1. The molecule has 1 aliphatic rings. The molecule has 0 saturated carbocycles. The van der Waals surface area contributed by atoms with Gasteiger partial charge in [-0.1, -0.05) is 18.2 Å². The maximum absolute atomic E-state index is 4.47. The lowest BCUT2D eigenvalue weighted by Gasteiger charge is -2.36. The van der Waals surface area contributed by atoms with Gasteiger partial charge in [-0.2, -0.15) is 5.10 Å². The Kier molecular flexibility index (Phi) is 4.36. The monoisotopic (exact) mass is 336 g/mol. The van der Waals surface area contributed by atoms with Crippen LogP contribution in [0.5, 0.6) is 0 Å². The zero-order valence-corrected chi connectivity index (χ0v) is 14.8. The van der Waals surface area contributed by atoms with E-state index in [2.05, 4.69) is 63.0 Å². The molecule has 0 spiro atoms. The van der Waals surface area contributed by atoms with Crippen molar-refractivity contribution in [3.8, 4) is 0 Å². The number of nitrogens with zero attached hydrogens (tertiary/aromatic N) is 6. The van der Waals surface area contributed by atoms with Gasteiger partial charge < -0.3 is 4.90 Å². The quantitative estimate of drug-likeness (QED) is 0.733. The van der Waals surface area contributed by atoms with E-state index in [9.17, 15) is 0 Å². The summed E-state index contributed by atoms with van der Waals surface area (Å²) in [7, 11) is 0. The Balaban J connectivity index is 1.45. The van der Waals surface area contributed by atoms with Gasteiger partial charge in [-0.05, 0) is 26.0 Å². The highest BCUT2D eigenvalue weighted by Gasteiger charge is 2.20. The highest BCUT2D eigenvalue weighted by Crippen LogP contribution is 2.26. The molecule has 1 aromatic carbocycles. The molecule has 4 rings (SSSR count). The van der Waals surface area contributed by atoms with Gasteiger partial charge in [-0.15, -0.1) is 0 Å². The summed E-state index contributed by atoms with van der Waals surface area (Å²) in [5, 5.41) is 5.57. The van der Waals surface area contributed by atoms with Gasteiger partial charge in [0.2, 0.25) is 0 Å². The Hall–Kier alpha value is -2.47. The number of hydrogen-bond acceptors (Lipinski definition) is 5. The number of hydrogen-bond donors (Lipinski definition) is 0. The van der Waals surface area contributed by atoms with Gasteiger partial charge in [0.05, 0.1) is 12.1 Å². The Morgan fingerprint density at radius 1 is 1.00 bits per heavy atom. The van der Waals surface area contributed by atoms with Crippen LogP contribution in [-0.2, 0) is 6.54 Å². The summed E-state index contributed by atoms with van der Waals surface area (Å²) in [4.78, 5) is 13.8. The van der Waals surface area contributed by atoms with Gasteiger partial charge in [0, 0.05) is 49.5 Å². The first-order valence-electron chi connectivity index (χ1n) is 8.92. The van der Waals surface area contributed by atoms with Gasteiger partial charge in [-0.25, -0.2) is 9.67 Å². The number of piperazine rings is 1. The lowest BCUT2D eigenvalue weighted by atomic mass is 10.1.